The molecule has 2 heteroatoms. The second kappa shape index (κ2) is 4.14. The van der Waals surface area contributed by atoms with E-state index in [0.717, 1.165) is 16.7 Å². The molecule has 0 aliphatic heterocycles. The first-order valence-electron chi connectivity index (χ1n) is 5.93. The van der Waals surface area contributed by atoms with Crippen LogP contribution in [0.3, 0.4) is 0 Å². The molecule has 2 aromatic carbocycles. The van der Waals surface area contributed by atoms with Crippen LogP contribution < -0.4 is 0 Å². The van der Waals surface area contributed by atoms with Gasteiger partial charge in [0.1, 0.15) is 5.75 Å². The minimum Gasteiger partial charge on any atom is -0.507 e. The summed E-state index contributed by atoms with van der Waals surface area (Å²) < 4.78 is 1.31. The highest BCUT2D eigenvalue weighted by molar-refractivity contribution is 7.17. The van der Waals surface area contributed by atoms with Crippen molar-refractivity contribution in [1.29, 1.82) is 0 Å². The highest BCUT2D eigenvalue weighted by Gasteiger charge is 2.06. The Kier molecular flexibility index (Phi) is 2.60. The Morgan fingerprint density at radius 3 is 2.33 bits per heavy atom. The minimum absolute atomic E-state index is 0.398. The molecule has 0 unspecified atom stereocenters. The molecule has 1 aromatic heterocycles. The fourth-order valence-corrected chi connectivity index (χ4v) is 3.04. The Hall–Kier alpha value is -1.80. The molecule has 0 amide bonds. The van der Waals surface area contributed by atoms with Gasteiger partial charge in [0, 0.05) is 4.70 Å². The monoisotopic (exact) mass is 254 g/mol. The average molecular weight is 254 g/mol. The van der Waals surface area contributed by atoms with Crippen LogP contribution >= 0.6 is 11.3 Å². The third-order valence-electron chi connectivity index (χ3n) is 3.28. The number of aryl methyl sites for hydroxylation is 2. The number of hydrogen-bond donors (Lipinski definition) is 1. The summed E-state index contributed by atoms with van der Waals surface area (Å²) in [5.74, 6) is 0.398. The van der Waals surface area contributed by atoms with E-state index in [4.69, 9.17) is 0 Å². The molecular weight excluding hydrogens is 240 g/mol. The van der Waals surface area contributed by atoms with Crippen LogP contribution in [-0.2, 0) is 0 Å². The molecule has 18 heavy (non-hydrogen) atoms. The Morgan fingerprint density at radius 2 is 1.61 bits per heavy atom. The van der Waals surface area contributed by atoms with Crippen LogP contribution in [-0.4, -0.2) is 5.11 Å². The summed E-state index contributed by atoms with van der Waals surface area (Å²) in [6, 6.07) is 12.7. The van der Waals surface area contributed by atoms with E-state index in [1.165, 1.54) is 15.6 Å². The maximum absolute atomic E-state index is 9.82. The van der Waals surface area contributed by atoms with Gasteiger partial charge in [-0.1, -0.05) is 6.07 Å². The molecule has 0 aliphatic rings. The predicted octanol–water partition coefficient (Wildman–Crippen LogP) is 4.89. The first kappa shape index (κ1) is 11.3. The Bertz CT molecular complexity index is 702. The van der Waals surface area contributed by atoms with Crippen molar-refractivity contribution in [3.8, 4) is 16.9 Å². The molecule has 1 N–H and O–H groups in total. The number of aromatic hydroxyl groups is 1. The first-order chi connectivity index (χ1) is 8.65. The summed E-state index contributed by atoms with van der Waals surface area (Å²) in [7, 11) is 0. The molecule has 0 spiro atoms. The largest absolute Gasteiger partial charge is 0.507 e. The van der Waals surface area contributed by atoms with E-state index in [1.807, 2.05) is 26.0 Å². The maximum Gasteiger partial charge on any atom is 0.121 e. The highest BCUT2D eigenvalue weighted by Crippen LogP contribution is 2.31. The zero-order valence-corrected chi connectivity index (χ0v) is 11.2. The SMILES string of the molecule is Cc1cc(-c2ccc3sccc3c2)cc(C)c1O. The van der Waals surface area contributed by atoms with Crippen molar-refractivity contribution in [3.05, 3.63) is 52.9 Å². The second-order valence-corrected chi connectivity index (χ2v) is 5.58. The van der Waals surface area contributed by atoms with Crippen LogP contribution in [0.15, 0.2) is 41.8 Å². The van der Waals surface area contributed by atoms with Crippen LogP contribution in [0.5, 0.6) is 5.75 Å². The van der Waals surface area contributed by atoms with Gasteiger partial charge in [-0.05, 0) is 77.2 Å². The quantitative estimate of drug-likeness (QED) is 0.655. The van der Waals surface area contributed by atoms with Gasteiger partial charge in [0.2, 0.25) is 0 Å². The molecule has 0 bridgehead atoms. The smallest absolute Gasteiger partial charge is 0.121 e. The molecule has 0 atom stereocenters. The number of thiophene rings is 1. The summed E-state index contributed by atoms with van der Waals surface area (Å²) in [5.41, 5.74) is 4.22. The first-order valence-corrected chi connectivity index (χ1v) is 6.81. The molecule has 0 fully saturated rings. The lowest BCUT2D eigenvalue weighted by atomic mass is 9.99. The third-order valence-corrected chi connectivity index (χ3v) is 4.17. The number of fused-ring (bicyclic) bond motifs is 1. The van der Waals surface area contributed by atoms with Crippen molar-refractivity contribution in [2.45, 2.75) is 13.8 Å². The lowest BCUT2D eigenvalue weighted by Crippen LogP contribution is -1.84. The summed E-state index contributed by atoms with van der Waals surface area (Å²) in [6.07, 6.45) is 0. The highest BCUT2D eigenvalue weighted by atomic mass is 32.1. The zero-order valence-electron chi connectivity index (χ0n) is 10.4. The van der Waals surface area contributed by atoms with Crippen LogP contribution in [0, 0.1) is 13.8 Å². The molecule has 1 heterocycles. The normalized spacial score (nSPS) is 11.0. The molecular formula is C16H14OS. The molecule has 0 radical (unpaired) electrons. The van der Waals surface area contributed by atoms with Crippen molar-refractivity contribution in [2.24, 2.45) is 0 Å². The number of phenols is 1. The van der Waals surface area contributed by atoms with Crippen molar-refractivity contribution in [2.75, 3.05) is 0 Å². The zero-order chi connectivity index (χ0) is 12.7. The van der Waals surface area contributed by atoms with Gasteiger partial charge in [-0.25, -0.2) is 0 Å². The molecule has 0 aliphatic carbocycles. The van der Waals surface area contributed by atoms with Gasteiger partial charge in [-0.3, -0.25) is 0 Å². The van der Waals surface area contributed by atoms with Gasteiger partial charge < -0.3 is 5.11 Å². The summed E-state index contributed by atoms with van der Waals surface area (Å²) in [6.45, 7) is 3.88. The van der Waals surface area contributed by atoms with Gasteiger partial charge >= 0.3 is 0 Å². The number of rotatable bonds is 1. The molecule has 3 aromatic rings. The molecule has 0 saturated heterocycles. The van der Waals surface area contributed by atoms with E-state index in [9.17, 15) is 5.11 Å². The summed E-state index contributed by atoms with van der Waals surface area (Å²) in [4.78, 5) is 0. The number of benzene rings is 2. The Labute approximate surface area is 110 Å². The lowest BCUT2D eigenvalue weighted by molar-refractivity contribution is 0.467. The fourth-order valence-electron chi connectivity index (χ4n) is 2.27. The van der Waals surface area contributed by atoms with E-state index < -0.39 is 0 Å². The van der Waals surface area contributed by atoms with Gasteiger partial charge in [0.25, 0.3) is 0 Å². The number of phenolic OH excluding ortho intramolecular Hbond substituents is 1. The van der Waals surface area contributed by atoms with E-state index >= 15 is 0 Å². The van der Waals surface area contributed by atoms with Crippen LogP contribution in [0.4, 0.5) is 0 Å². The molecule has 1 nitrogen and oxygen atoms in total. The van der Waals surface area contributed by atoms with Gasteiger partial charge in [-0.15, -0.1) is 11.3 Å². The maximum atomic E-state index is 9.82. The van der Waals surface area contributed by atoms with Gasteiger partial charge in [-0.2, -0.15) is 0 Å². The van der Waals surface area contributed by atoms with E-state index in [1.54, 1.807) is 11.3 Å². The van der Waals surface area contributed by atoms with Crippen molar-refractivity contribution in [3.63, 3.8) is 0 Å². The Morgan fingerprint density at radius 1 is 0.889 bits per heavy atom. The van der Waals surface area contributed by atoms with Crippen molar-refractivity contribution in [1.82, 2.24) is 0 Å². The molecule has 90 valence electrons. The molecule has 3 rings (SSSR count). The van der Waals surface area contributed by atoms with E-state index in [2.05, 4.69) is 29.6 Å². The van der Waals surface area contributed by atoms with E-state index in [-0.39, 0.29) is 0 Å². The van der Waals surface area contributed by atoms with Crippen molar-refractivity contribution >= 4 is 21.4 Å². The summed E-state index contributed by atoms with van der Waals surface area (Å²) >= 11 is 1.76. The predicted molar refractivity (Wildman–Crippen MR) is 78.4 cm³/mol. The second-order valence-electron chi connectivity index (χ2n) is 4.63. The minimum atomic E-state index is 0.398. The van der Waals surface area contributed by atoms with Gasteiger partial charge in [0.15, 0.2) is 0 Å². The van der Waals surface area contributed by atoms with Gasteiger partial charge in [0.05, 0.1) is 0 Å². The molecule has 0 saturated carbocycles. The lowest BCUT2D eigenvalue weighted by Gasteiger charge is -2.08. The standard InChI is InChI=1S/C16H14OS/c1-10-7-14(8-11(2)16(10)17)12-3-4-15-13(9-12)5-6-18-15/h3-9,17H,1-2H3. The fraction of sp³-hybridized carbons (Fsp3) is 0.125. The topological polar surface area (TPSA) is 20.2 Å². The number of hydrogen-bond acceptors (Lipinski definition) is 2. The third kappa shape index (κ3) is 1.79. The Balaban J connectivity index is 2.19. The van der Waals surface area contributed by atoms with Crippen LogP contribution in [0.2, 0.25) is 0 Å². The van der Waals surface area contributed by atoms with E-state index in [0.29, 0.717) is 5.75 Å². The van der Waals surface area contributed by atoms with Crippen LogP contribution in [0.25, 0.3) is 21.2 Å². The van der Waals surface area contributed by atoms with Crippen molar-refractivity contribution < 1.29 is 5.11 Å². The summed E-state index contributed by atoms with van der Waals surface area (Å²) in [5, 5.41) is 13.2. The average Bonchev–Trinajstić information content (AvgIpc) is 2.82. The van der Waals surface area contributed by atoms with Crippen LogP contribution in [0.1, 0.15) is 11.1 Å².